The fraction of sp³-hybridized carbons (Fsp3) is 0.429. The van der Waals surface area contributed by atoms with Crippen molar-refractivity contribution in [3.8, 4) is 5.75 Å². The molecule has 1 aromatic heterocycles. The third-order valence-electron chi connectivity index (χ3n) is 5.52. The fourth-order valence-electron chi connectivity index (χ4n) is 3.90. The molecular formula is C21H27N5O2. The van der Waals surface area contributed by atoms with Crippen molar-refractivity contribution in [2.24, 2.45) is 5.92 Å². The number of nitrogens with zero attached hydrogens (tertiary/aromatic N) is 4. The van der Waals surface area contributed by atoms with Gasteiger partial charge in [0, 0.05) is 50.5 Å². The number of benzene rings is 1. The van der Waals surface area contributed by atoms with Gasteiger partial charge in [0.25, 0.3) is 0 Å². The molecule has 2 N–H and O–H groups in total. The lowest BCUT2D eigenvalue weighted by Gasteiger charge is -2.36. The number of hydrogen-bond acceptors (Lipinski definition) is 4. The Morgan fingerprint density at radius 3 is 2.79 bits per heavy atom. The molecule has 1 aliphatic carbocycles. The number of hydrogen-bond donors (Lipinski definition) is 2. The zero-order chi connectivity index (χ0) is 19.3. The summed E-state index contributed by atoms with van der Waals surface area (Å²) >= 11 is 0. The normalized spacial score (nSPS) is 19.6. The van der Waals surface area contributed by atoms with E-state index in [1.807, 2.05) is 27.8 Å². The number of amides is 2. The number of allylic oxidation sites excluding steroid dienone is 2. The van der Waals surface area contributed by atoms with Crippen molar-refractivity contribution in [1.29, 1.82) is 0 Å². The molecule has 4 rings (SSSR count). The zero-order valence-electron chi connectivity index (χ0n) is 16.0. The number of phenols is 1. The molecule has 0 radical (unpaired) electrons. The number of nitrogens with one attached hydrogen (secondary N) is 1. The van der Waals surface area contributed by atoms with Crippen LogP contribution in [0.4, 0.5) is 16.3 Å². The lowest BCUT2D eigenvalue weighted by molar-refractivity contribution is 0.208. The summed E-state index contributed by atoms with van der Waals surface area (Å²) < 4.78 is 1.91. The smallest absolute Gasteiger partial charge is 0.323 e. The Morgan fingerprint density at radius 1 is 1.18 bits per heavy atom. The van der Waals surface area contributed by atoms with Gasteiger partial charge in [-0.2, -0.15) is 5.10 Å². The van der Waals surface area contributed by atoms with Gasteiger partial charge in [0.1, 0.15) is 11.6 Å². The van der Waals surface area contributed by atoms with E-state index in [0.717, 1.165) is 44.0 Å². The number of piperazine rings is 1. The van der Waals surface area contributed by atoms with Crippen molar-refractivity contribution in [2.45, 2.75) is 25.8 Å². The highest BCUT2D eigenvalue weighted by molar-refractivity contribution is 5.88. The Kier molecular flexibility index (Phi) is 5.50. The monoisotopic (exact) mass is 381 g/mol. The second-order valence-electron chi connectivity index (χ2n) is 7.47. The van der Waals surface area contributed by atoms with Gasteiger partial charge in [-0.25, -0.2) is 9.48 Å². The highest BCUT2D eigenvalue weighted by Gasteiger charge is 2.22. The van der Waals surface area contributed by atoms with Crippen LogP contribution in [0.3, 0.4) is 0 Å². The van der Waals surface area contributed by atoms with Crippen molar-refractivity contribution in [2.75, 3.05) is 36.4 Å². The summed E-state index contributed by atoms with van der Waals surface area (Å²) in [4.78, 5) is 16.7. The van der Waals surface area contributed by atoms with Crippen molar-refractivity contribution in [1.82, 2.24) is 14.7 Å². The van der Waals surface area contributed by atoms with E-state index >= 15 is 0 Å². The molecule has 1 atom stereocenters. The Labute approximate surface area is 165 Å². The van der Waals surface area contributed by atoms with E-state index in [-0.39, 0.29) is 11.8 Å². The first-order valence-electron chi connectivity index (χ1n) is 9.96. The number of phenolic OH excluding ortho intramolecular Hbond substituents is 1. The standard InChI is InChI=1S/C21H27N5O2/c27-19-8-4-7-18(15-19)24-11-13-25(14-12-24)21(28)23-20-9-10-22-26(20)16-17-5-2-1-3-6-17/h1-2,4,7-10,15,17,27H,3,5-6,11-14,16H2,(H,23,28)/t17-/m1/s1. The zero-order valence-corrected chi connectivity index (χ0v) is 16.0. The topological polar surface area (TPSA) is 73.6 Å². The SMILES string of the molecule is O=C(Nc1ccnn1C[C@@H]1CC=CCC1)N1CCN(c2cccc(O)c2)CC1. The molecule has 0 spiro atoms. The van der Waals surface area contributed by atoms with E-state index in [0.29, 0.717) is 19.0 Å². The molecule has 7 nitrogen and oxygen atoms in total. The van der Waals surface area contributed by atoms with Crippen LogP contribution in [-0.2, 0) is 6.54 Å². The summed E-state index contributed by atoms with van der Waals surface area (Å²) in [6, 6.07) is 9.02. The third-order valence-corrected chi connectivity index (χ3v) is 5.52. The van der Waals surface area contributed by atoms with Crippen LogP contribution in [0, 0.1) is 5.92 Å². The van der Waals surface area contributed by atoms with Crippen molar-refractivity contribution in [3.05, 3.63) is 48.7 Å². The van der Waals surface area contributed by atoms with Gasteiger partial charge in [-0.05, 0) is 37.3 Å². The van der Waals surface area contributed by atoms with Crippen molar-refractivity contribution >= 4 is 17.5 Å². The maximum Gasteiger partial charge on any atom is 0.323 e. The minimum Gasteiger partial charge on any atom is -0.508 e. The Hall–Kier alpha value is -2.96. The molecule has 28 heavy (non-hydrogen) atoms. The van der Waals surface area contributed by atoms with E-state index < -0.39 is 0 Å². The molecule has 2 heterocycles. The first-order valence-corrected chi connectivity index (χ1v) is 9.96. The third kappa shape index (κ3) is 4.30. The van der Waals surface area contributed by atoms with E-state index in [1.165, 1.54) is 6.42 Å². The molecule has 2 aromatic rings. The van der Waals surface area contributed by atoms with E-state index in [9.17, 15) is 9.90 Å². The molecule has 0 saturated carbocycles. The molecule has 1 saturated heterocycles. The molecule has 1 aliphatic heterocycles. The lowest BCUT2D eigenvalue weighted by Crippen LogP contribution is -2.50. The fourth-order valence-corrected chi connectivity index (χ4v) is 3.90. The van der Waals surface area contributed by atoms with Crippen LogP contribution in [0.1, 0.15) is 19.3 Å². The molecule has 148 valence electrons. The van der Waals surface area contributed by atoms with Crippen LogP contribution in [0.25, 0.3) is 0 Å². The minimum atomic E-state index is -0.0825. The second kappa shape index (κ2) is 8.37. The summed E-state index contributed by atoms with van der Waals surface area (Å²) in [5.74, 6) is 1.60. The lowest BCUT2D eigenvalue weighted by atomic mass is 9.94. The number of anilines is 2. The maximum atomic E-state index is 12.7. The van der Waals surface area contributed by atoms with E-state index in [2.05, 4.69) is 27.5 Å². The van der Waals surface area contributed by atoms with Gasteiger partial charge in [0.2, 0.25) is 0 Å². The largest absolute Gasteiger partial charge is 0.508 e. The highest BCUT2D eigenvalue weighted by atomic mass is 16.3. The van der Waals surface area contributed by atoms with Crippen molar-refractivity contribution in [3.63, 3.8) is 0 Å². The van der Waals surface area contributed by atoms with Gasteiger partial charge in [0.15, 0.2) is 0 Å². The van der Waals surface area contributed by atoms with Gasteiger partial charge >= 0.3 is 6.03 Å². The summed E-state index contributed by atoms with van der Waals surface area (Å²) in [6.07, 6.45) is 9.58. The Balaban J connectivity index is 1.31. The van der Waals surface area contributed by atoms with Gasteiger partial charge < -0.3 is 14.9 Å². The molecular weight excluding hydrogens is 354 g/mol. The average molecular weight is 381 g/mol. The van der Waals surface area contributed by atoms with Gasteiger partial charge in [0.05, 0.1) is 6.20 Å². The molecule has 1 fully saturated rings. The molecule has 1 aromatic carbocycles. The first-order chi connectivity index (χ1) is 13.7. The number of carbonyl (C=O) groups is 1. The Bertz CT molecular complexity index is 839. The van der Waals surface area contributed by atoms with Gasteiger partial charge in [-0.3, -0.25) is 5.32 Å². The van der Waals surface area contributed by atoms with Crippen LogP contribution in [0.5, 0.6) is 5.75 Å². The number of urea groups is 1. The minimum absolute atomic E-state index is 0.0825. The summed E-state index contributed by atoms with van der Waals surface area (Å²) in [7, 11) is 0. The van der Waals surface area contributed by atoms with Gasteiger partial charge in [-0.15, -0.1) is 0 Å². The summed E-state index contributed by atoms with van der Waals surface area (Å²) in [5, 5.41) is 17.1. The van der Waals surface area contributed by atoms with Crippen LogP contribution >= 0.6 is 0 Å². The molecule has 0 unspecified atom stereocenters. The van der Waals surface area contributed by atoms with Gasteiger partial charge in [-0.1, -0.05) is 18.2 Å². The van der Waals surface area contributed by atoms with Crippen molar-refractivity contribution < 1.29 is 9.90 Å². The number of aromatic nitrogens is 2. The van der Waals surface area contributed by atoms with Crippen LogP contribution < -0.4 is 10.2 Å². The first kappa shape index (κ1) is 18.4. The van der Waals surface area contributed by atoms with Crippen LogP contribution in [0.15, 0.2) is 48.7 Å². The maximum absolute atomic E-state index is 12.7. The molecule has 2 amide bonds. The summed E-state index contributed by atoms with van der Waals surface area (Å²) in [5.41, 5.74) is 0.986. The average Bonchev–Trinajstić information content (AvgIpc) is 3.15. The number of aromatic hydroxyl groups is 1. The quantitative estimate of drug-likeness (QED) is 0.797. The predicted octanol–water partition coefficient (Wildman–Crippen LogP) is 3.30. The predicted molar refractivity (Wildman–Crippen MR) is 110 cm³/mol. The second-order valence-corrected chi connectivity index (χ2v) is 7.47. The Morgan fingerprint density at radius 2 is 2.04 bits per heavy atom. The molecule has 0 bridgehead atoms. The molecule has 2 aliphatic rings. The molecule has 7 heteroatoms. The van der Waals surface area contributed by atoms with E-state index in [4.69, 9.17) is 0 Å². The summed E-state index contributed by atoms with van der Waals surface area (Å²) in [6.45, 7) is 3.60. The number of rotatable bonds is 4. The van der Waals surface area contributed by atoms with Crippen LogP contribution in [0.2, 0.25) is 0 Å². The van der Waals surface area contributed by atoms with Crippen LogP contribution in [-0.4, -0.2) is 52.0 Å². The number of carbonyl (C=O) groups excluding carboxylic acids is 1. The van der Waals surface area contributed by atoms with E-state index in [1.54, 1.807) is 18.3 Å². The highest BCUT2D eigenvalue weighted by Crippen LogP contribution is 2.23.